The molecule has 0 aromatic heterocycles. The molecular formula is C22H36N4O. The summed E-state index contributed by atoms with van der Waals surface area (Å²) in [5.41, 5.74) is 2.66. The summed E-state index contributed by atoms with van der Waals surface area (Å²) in [5, 5.41) is 3.26. The average molecular weight is 373 g/mol. The molecule has 150 valence electrons. The molecule has 1 atom stereocenters. The molecule has 2 fully saturated rings. The highest BCUT2D eigenvalue weighted by atomic mass is 16.2. The maximum atomic E-state index is 12.9. The van der Waals surface area contributed by atoms with Gasteiger partial charge in [-0.05, 0) is 65.4 Å². The van der Waals surface area contributed by atoms with E-state index in [1.54, 1.807) is 0 Å². The Balaban J connectivity index is 1.59. The molecule has 0 bridgehead atoms. The lowest BCUT2D eigenvalue weighted by Crippen LogP contribution is -2.59. The predicted octanol–water partition coefficient (Wildman–Crippen LogP) is 3.26. The first-order valence-electron chi connectivity index (χ1n) is 10.5. The largest absolute Gasteiger partial charge is 0.331 e. The molecule has 2 saturated heterocycles. The molecule has 5 nitrogen and oxygen atoms in total. The zero-order chi connectivity index (χ0) is 19.4. The molecule has 3 rings (SSSR count). The molecular weight excluding hydrogens is 336 g/mol. The van der Waals surface area contributed by atoms with Gasteiger partial charge < -0.3 is 15.1 Å². The van der Waals surface area contributed by atoms with E-state index in [4.69, 9.17) is 0 Å². The van der Waals surface area contributed by atoms with Crippen LogP contribution in [0.3, 0.4) is 0 Å². The Morgan fingerprint density at radius 3 is 2.41 bits per heavy atom. The Bertz CT molecular complexity index is 622. The molecule has 1 aromatic carbocycles. The summed E-state index contributed by atoms with van der Waals surface area (Å²) in [6.45, 7) is 9.34. The monoisotopic (exact) mass is 372 g/mol. The number of hydrogen-bond acceptors (Lipinski definition) is 3. The summed E-state index contributed by atoms with van der Waals surface area (Å²) < 4.78 is 0. The molecule has 0 aliphatic carbocycles. The second-order valence-electron chi connectivity index (χ2n) is 8.55. The van der Waals surface area contributed by atoms with Gasteiger partial charge in [-0.2, -0.15) is 0 Å². The fourth-order valence-electron chi connectivity index (χ4n) is 4.64. The van der Waals surface area contributed by atoms with Crippen LogP contribution in [0.25, 0.3) is 0 Å². The van der Waals surface area contributed by atoms with E-state index >= 15 is 0 Å². The molecule has 1 spiro atoms. The minimum Gasteiger partial charge on any atom is -0.331 e. The van der Waals surface area contributed by atoms with Crippen molar-refractivity contribution in [3.8, 4) is 0 Å². The molecule has 0 saturated carbocycles. The Labute approximate surface area is 164 Å². The van der Waals surface area contributed by atoms with Gasteiger partial charge in [0.05, 0.1) is 6.04 Å². The van der Waals surface area contributed by atoms with E-state index in [0.717, 1.165) is 45.4 Å². The van der Waals surface area contributed by atoms with Crippen molar-refractivity contribution >= 4 is 6.03 Å². The summed E-state index contributed by atoms with van der Waals surface area (Å²) in [4.78, 5) is 19.9. The van der Waals surface area contributed by atoms with Crippen molar-refractivity contribution in [2.24, 2.45) is 0 Å². The molecule has 2 heterocycles. The number of nitrogens with zero attached hydrogens (tertiary/aromatic N) is 3. The van der Waals surface area contributed by atoms with E-state index in [1.807, 2.05) is 4.90 Å². The first kappa shape index (κ1) is 20.2. The highest BCUT2D eigenvalue weighted by molar-refractivity contribution is 5.75. The Hall–Kier alpha value is -1.59. The Morgan fingerprint density at radius 1 is 1.11 bits per heavy atom. The van der Waals surface area contributed by atoms with Crippen molar-refractivity contribution in [2.75, 3.05) is 46.8 Å². The van der Waals surface area contributed by atoms with Gasteiger partial charge in [0.15, 0.2) is 0 Å². The fourth-order valence-corrected chi connectivity index (χ4v) is 4.64. The van der Waals surface area contributed by atoms with E-state index in [2.05, 4.69) is 67.3 Å². The third-order valence-electron chi connectivity index (χ3n) is 6.57. The van der Waals surface area contributed by atoms with Crippen LogP contribution in [0, 0.1) is 6.92 Å². The summed E-state index contributed by atoms with van der Waals surface area (Å²) in [7, 11) is 4.49. The van der Waals surface area contributed by atoms with Crippen molar-refractivity contribution < 1.29 is 4.79 Å². The molecule has 2 amide bonds. The maximum Gasteiger partial charge on any atom is 0.317 e. The lowest BCUT2D eigenvalue weighted by Gasteiger charge is -2.47. The smallest absolute Gasteiger partial charge is 0.317 e. The third kappa shape index (κ3) is 4.64. The van der Waals surface area contributed by atoms with Crippen LogP contribution in [0.1, 0.15) is 49.8 Å². The summed E-state index contributed by atoms with van der Waals surface area (Å²) in [6.07, 6.45) is 4.25. The SMILES string of the molecule is CC[C@H](NC(=O)N1CCC2(CC1)CN(C)CCCN2C)c1ccc(C)cc1. The van der Waals surface area contributed by atoms with Gasteiger partial charge in [-0.1, -0.05) is 36.8 Å². The number of benzene rings is 1. The van der Waals surface area contributed by atoms with Gasteiger partial charge in [0.2, 0.25) is 0 Å². The lowest BCUT2D eigenvalue weighted by atomic mass is 9.85. The normalized spacial score (nSPS) is 22.4. The zero-order valence-corrected chi connectivity index (χ0v) is 17.5. The number of aryl methyl sites for hydroxylation is 1. The van der Waals surface area contributed by atoms with Crippen LogP contribution < -0.4 is 5.32 Å². The van der Waals surface area contributed by atoms with Crippen molar-refractivity contribution in [2.45, 2.75) is 51.1 Å². The number of likely N-dealkylation sites (N-methyl/N-ethyl adjacent to an activating group) is 2. The zero-order valence-electron chi connectivity index (χ0n) is 17.5. The number of carbonyl (C=O) groups excluding carboxylic acids is 1. The van der Waals surface area contributed by atoms with Gasteiger partial charge in [-0.15, -0.1) is 0 Å². The van der Waals surface area contributed by atoms with Gasteiger partial charge >= 0.3 is 6.03 Å². The van der Waals surface area contributed by atoms with Crippen LogP contribution in [-0.2, 0) is 0 Å². The Morgan fingerprint density at radius 2 is 1.78 bits per heavy atom. The number of rotatable bonds is 3. The van der Waals surface area contributed by atoms with Crippen LogP contribution in [0.2, 0.25) is 0 Å². The van der Waals surface area contributed by atoms with Gasteiger partial charge in [0.1, 0.15) is 0 Å². The summed E-state index contributed by atoms with van der Waals surface area (Å²) >= 11 is 0. The van der Waals surface area contributed by atoms with Gasteiger partial charge in [0.25, 0.3) is 0 Å². The third-order valence-corrected chi connectivity index (χ3v) is 6.57. The molecule has 2 aliphatic rings. The minimum atomic E-state index is 0.0840. The fraction of sp³-hybridized carbons (Fsp3) is 0.682. The second kappa shape index (κ2) is 8.61. The van der Waals surface area contributed by atoms with Crippen molar-refractivity contribution in [1.82, 2.24) is 20.0 Å². The van der Waals surface area contributed by atoms with Gasteiger partial charge in [-0.25, -0.2) is 4.79 Å². The lowest BCUT2D eigenvalue weighted by molar-refractivity contribution is 0.0419. The second-order valence-corrected chi connectivity index (χ2v) is 8.55. The van der Waals surface area contributed by atoms with Gasteiger partial charge in [-0.3, -0.25) is 4.90 Å². The number of hydrogen-bond donors (Lipinski definition) is 1. The molecule has 1 N–H and O–H groups in total. The number of nitrogens with one attached hydrogen (secondary N) is 1. The average Bonchev–Trinajstić information content (AvgIpc) is 2.79. The number of likely N-dealkylation sites (tertiary alicyclic amines) is 1. The number of carbonyl (C=O) groups is 1. The van der Waals surface area contributed by atoms with Crippen molar-refractivity contribution in [3.05, 3.63) is 35.4 Å². The number of urea groups is 1. The van der Waals surface area contributed by atoms with Crippen LogP contribution in [0.5, 0.6) is 0 Å². The Kier molecular flexibility index (Phi) is 6.43. The van der Waals surface area contributed by atoms with Crippen molar-refractivity contribution in [3.63, 3.8) is 0 Å². The minimum absolute atomic E-state index is 0.0840. The summed E-state index contributed by atoms with van der Waals surface area (Å²) in [5.74, 6) is 0. The van der Waals surface area contributed by atoms with E-state index in [-0.39, 0.29) is 17.6 Å². The number of amides is 2. The molecule has 5 heteroatoms. The van der Waals surface area contributed by atoms with Gasteiger partial charge in [0, 0.05) is 25.2 Å². The topological polar surface area (TPSA) is 38.8 Å². The first-order chi connectivity index (χ1) is 12.9. The van der Waals surface area contributed by atoms with Crippen LogP contribution >= 0.6 is 0 Å². The maximum absolute atomic E-state index is 12.9. The molecule has 0 unspecified atom stereocenters. The number of piperidine rings is 1. The molecule has 2 aliphatic heterocycles. The molecule has 1 aromatic rings. The predicted molar refractivity (Wildman–Crippen MR) is 111 cm³/mol. The van der Waals surface area contributed by atoms with E-state index in [0.29, 0.717) is 0 Å². The van der Waals surface area contributed by atoms with Crippen molar-refractivity contribution in [1.29, 1.82) is 0 Å². The quantitative estimate of drug-likeness (QED) is 0.885. The van der Waals surface area contributed by atoms with Crippen LogP contribution in [0.4, 0.5) is 4.79 Å². The highest BCUT2D eigenvalue weighted by Gasteiger charge is 2.41. The van der Waals surface area contributed by atoms with E-state index in [1.165, 1.54) is 24.1 Å². The van der Waals surface area contributed by atoms with Crippen LogP contribution in [0.15, 0.2) is 24.3 Å². The van der Waals surface area contributed by atoms with E-state index in [9.17, 15) is 4.79 Å². The molecule has 27 heavy (non-hydrogen) atoms. The van der Waals surface area contributed by atoms with Crippen LogP contribution in [-0.4, -0.2) is 73.1 Å². The first-order valence-corrected chi connectivity index (χ1v) is 10.5. The van der Waals surface area contributed by atoms with E-state index < -0.39 is 0 Å². The summed E-state index contributed by atoms with van der Waals surface area (Å²) in [6, 6.07) is 8.67. The molecule has 0 radical (unpaired) electrons. The standard InChI is InChI=1S/C22H36N4O/c1-5-20(19-9-7-18(2)8-10-19)23-21(27)26-15-11-22(12-16-26)17-24(3)13-6-14-25(22)4/h7-10,20H,5-6,11-17H2,1-4H3,(H,23,27)/t20-/m0/s1. The highest BCUT2D eigenvalue weighted by Crippen LogP contribution is 2.31.